The third kappa shape index (κ3) is 1.07. The fourth-order valence-corrected chi connectivity index (χ4v) is 1.78. The number of rotatable bonds is 0. The molecular weight excluding hydrogens is 179 g/mol. The molecule has 0 fully saturated rings. The second-order valence-electron chi connectivity index (χ2n) is 2.55. The summed E-state index contributed by atoms with van der Waals surface area (Å²) in [6, 6.07) is 8.01. The smallest absolute Gasteiger partial charge is 0.0629 e. The molecule has 0 atom stereocenters. The predicted octanol–water partition coefficient (Wildman–Crippen LogP) is 3.39. The SMILES string of the molecule is ClC1=C(Cl)c2ccccc2C1. The van der Waals surface area contributed by atoms with Gasteiger partial charge in [0.25, 0.3) is 0 Å². The number of hydrogen-bond acceptors (Lipinski definition) is 0. The molecule has 0 bridgehead atoms. The summed E-state index contributed by atoms with van der Waals surface area (Å²) in [5, 5.41) is 1.47. The summed E-state index contributed by atoms with van der Waals surface area (Å²) in [7, 11) is 0. The lowest BCUT2D eigenvalue weighted by Crippen LogP contribution is -1.79. The van der Waals surface area contributed by atoms with Gasteiger partial charge in [0, 0.05) is 11.5 Å². The fraction of sp³-hybridized carbons (Fsp3) is 0.111. The molecular formula is C9H6Cl2. The van der Waals surface area contributed by atoms with Gasteiger partial charge in [-0.3, -0.25) is 0 Å². The maximum Gasteiger partial charge on any atom is 0.0629 e. The average molecular weight is 185 g/mol. The molecule has 1 aromatic carbocycles. The molecule has 1 aliphatic carbocycles. The number of fused-ring (bicyclic) bond motifs is 1. The first-order valence-corrected chi connectivity index (χ1v) is 4.17. The predicted molar refractivity (Wildman–Crippen MR) is 48.8 cm³/mol. The van der Waals surface area contributed by atoms with Crippen molar-refractivity contribution in [3.63, 3.8) is 0 Å². The van der Waals surface area contributed by atoms with E-state index in [2.05, 4.69) is 0 Å². The Morgan fingerprint density at radius 1 is 1.09 bits per heavy atom. The van der Waals surface area contributed by atoms with Crippen molar-refractivity contribution in [2.24, 2.45) is 0 Å². The summed E-state index contributed by atoms with van der Waals surface area (Å²) in [6.45, 7) is 0. The van der Waals surface area contributed by atoms with Gasteiger partial charge in [-0.25, -0.2) is 0 Å². The van der Waals surface area contributed by atoms with E-state index in [0.717, 1.165) is 17.0 Å². The number of benzene rings is 1. The molecule has 0 radical (unpaired) electrons. The van der Waals surface area contributed by atoms with Crippen molar-refractivity contribution in [2.75, 3.05) is 0 Å². The van der Waals surface area contributed by atoms with E-state index in [4.69, 9.17) is 23.2 Å². The summed E-state index contributed by atoms with van der Waals surface area (Å²) < 4.78 is 0. The monoisotopic (exact) mass is 184 g/mol. The van der Waals surface area contributed by atoms with Crippen LogP contribution in [0, 0.1) is 0 Å². The number of hydrogen-bond donors (Lipinski definition) is 0. The molecule has 0 spiro atoms. The first-order chi connectivity index (χ1) is 5.29. The lowest BCUT2D eigenvalue weighted by Gasteiger charge is -1.95. The number of halogens is 2. The van der Waals surface area contributed by atoms with Crippen LogP contribution in [-0.4, -0.2) is 0 Å². The molecule has 0 aromatic heterocycles. The van der Waals surface area contributed by atoms with Gasteiger partial charge < -0.3 is 0 Å². The summed E-state index contributed by atoms with van der Waals surface area (Å²) in [5.41, 5.74) is 2.31. The highest BCUT2D eigenvalue weighted by Gasteiger charge is 2.17. The van der Waals surface area contributed by atoms with E-state index < -0.39 is 0 Å². The van der Waals surface area contributed by atoms with Gasteiger partial charge in [-0.1, -0.05) is 47.5 Å². The summed E-state index contributed by atoms with van der Waals surface area (Å²) in [6.07, 6.45) is 0.788. The fourth-order valence-electron chi connectivity index (χ4n) is 1.28. The second kappa shape index (κ2) is 2.54. The van der Waals surface area contributed by atoms with Crippen LogP contribution in [0.5, 0.6) is 0 Å². The maximum absolute atomic E-state index is 5.94. The van der Waals surface area contributed by atoms with Gasteiger partial charge in [-0.05, 0) is 11.1 Å². The average Bonchev–Trinajstić information content (AvgIpc) is 2.30. The van der Waals surface area contributed by atoms with Crippen LogP contribution in [0.1, 0.15) is 11.1 Å². The van der Waals surface area contributed by atoms with E-state index in [0.29, 0.717) is 5.03 Å². The van der Waals surface area contributed by atoms with Crippen molar-refractivity contribution in [3.05, 3.63) is 40.4 Å². The standard InChI is InChI=1S/C9H6Cl2/c10-8-5-6-3-1-2-4-7(6)9(8)11/h1-4H,5H2. The molecule has 0 heterocycles. The Labute approximate surface area is 75.4 Å². The van der Waals surface area contributed by atoms with E-state index in [-0.39, 0.29) is 0 Å². The van der Waals surface area contributed by atoms with Gasteiger partial charge in [-0.2, -0.15) is 0 Å². The van der Waals surface area contributed by atoms with Crippen LogP contribution >= 0.6 is 23.2 Å². The van der Waals surface area contributed by atoms with Crippen LogP contribution in [-0.2, 0) is 6.42 Å². The maximum atomic E-state index is 5.94. The highest BCUT2D eigenvalue weighted by molar-refractivity contribution is 6.55. The van der Waals surface area contributed by atoms with Crippen molar-refractivity contribution in [1.82, 2.24) is 0 Å². The lowest BCUT2D eigenvalue weighted by atomic mass is 10.1. The van der Waals surface area contributed by atoms with E-state index in [9.17, 15) is 0 Å². The van der Waals surface area contributed by atoms with E-state index in [1.807, 2.05) is 24.3 Å². The second-order valence-corrected chi connectivity index (χ2v) is 3.39. The third-order valence-electron chi connectivity index (χ3n) is 1.84. The van der Waals surface area contributed by atoms with Crippen LogP contribution < -0.4 is 0 Å². The Balaban J connectivity index is 2.60. The molecule has 1 aromatic rings. The highest BCUT2D eigenvalue weighted by Crippen LogP contribution is 2.36. The minimum absolute atomic E-state index is 0.710. The van der Waals surface area contributed by atoms with Crippen LogP contribution in [0.25, 0.3) is 5.03 Å². The van der Waals surface area contributed by atoms with Gasteiger partial charge >= 0.3 is 0 Å². The summed E-state index contributed by atoms with van der Waals surface area (Å²) >= 11 is 11.8. The first kappa shape index (κ1) is 7.20. The molecule has 0 nitrogen and oxygen atoms in total. The Morgan fingerprint density at radius 2 is 1.82 bits per heavy atom. The Morgan fingerprint density at radius 3 is 2.55 bits per heavy atom. The molecule has 11 heavy (non-hydrogen) atoms. The molecule has 1 aliphatic rings. The van der Waals surface area contributed by atoms with Gasteiger partial charge in [0.15, 0.2) is 0 Å². The van der Waals surface area contributed by atoms with Crippen molar-refractivity contribution < 1.29 is 0 Å². The molecule has 0 saturated carbocycles. The minimum atomic E-state index is 0.710. The molecule has 0 aliphatic heterocycles. The van der Waals surface area contributed by atoms with Gasteiger partial charge in [0.05, 0.1) is 5.03 Å². The molecule has 56 valence electrons. The van der Waals surface area contributed by atoms with E-state index in [1.54, 1.807) is 0 Å². The molecule has 0 amide bonds. The molecule has 0 saturated heterocycles. The quantitative estimate of drug-likeness (QED) is 0.581. The molecule has 2 rings (SSSR count). The zero-order valence-electron chi connectivity index (χ0n) is 5.77. The van der Waals surface area contributed by atoms with Crippen molar-refractivity contribution in [3.8, 4) is 0 Å². The summed E-state index contributed by atoms with van der Waals surface area (Å²) in [4.78, 5) is 0. The van der Waals surface area contributed by atoms with Gasteiger partial charge in [-0.15, -0.1) is 0 Å². The molecule has 2 heteroatoms. The minimum Gasteiger partial charge on any atom is -0.0871 e. The Hall–Kier alpha value is -0.460. The van der Waals surface area contributed by atoms with Crippen LogP contribution in [0.3, 0.4) is 0 Å². The Kier molecular flexibility index (Phi) is 1.67. The zero-order chi connectivity index (χ0) is 7.84. The molecule has 0 unspecified atom stereocenters. The van der Waals surface area contributed by atoms with Crippen molar-refractivity contribution in [2.45, 2.75) is 6.42 Å². The largest absolute Gasteiger partial charge is 0.0871 e. The van der Waals surface area contributed by atoms with Crippen molar-refractivity contribution >= 4 is 28.2 Å². The van der Waals surface area contributed by atoms with Gasteiger partial charge in [0.1, 0.15) is 0 Å². The van der Waals surface area contributed by atoms with Crippen LogP contribution in [0.15, 0.2) is 29.3 Å². The lowest BCUT2D eigenvalue weighted by molar-refractivity contribution is 1.29. The van der Waals surface area contributed by atoms with E-state index >= 15 is 0 Å². The normalized spacial score (nSPS) is 15.5. The van der Waals surface area contributed by atoms with Crippen molar-refractivity contribution in [1.29, 1.82) is 0 Å². The first-order valence-electron chi connectivity index (χ1n) is 3.41. The number of allylic oxidation sites excluding steroid dienone is 1. The zero-order valence-corrected chi connectivity index (χ0v) is 7.28. The van der Waals surface area contributed by atoms with Crippen LogP contribution in [0.2, 0.25) is 0 Å². The Bertz CT molecular complexity index is 326. The van der Waals surface area contributed by atoms with E-state index in [1.165, 1.54) is 5.56 Å². The third-order valence-corrected chi connectivity index (χ3v) is 2.69. The van der Waals surface area contributed by atoms with Gasteiger partial charge in [0.2, 0.25) is 0 Å². The van der Waals surface area contributed by atoms with Crippen LogP contribution in [0.4, 0.5) is 0 Å². The topological polar surface area (TPSA) is 0 Å². The molecule has 0 N–H and O–H groups in total. The highest BCUT2D eigenvalue weighted by atomic mass is 35.5. The summed E-state index contributed by atoms with van der Waals surface area (Å²) in [5.74, 6) is 0.